The van der Waals surface area contributed by atoms with E-state index in [9.17, 15) is 8.78 Å². The quantitative estimate of drug-likeness (QED) is 0.708. The molecule has 1 aromatic heterocycles. The van der Waals surface area contributed by atoms with Gasteiger partial charge in [0.2, 0.25) is 0 Å². The largest absolute Gasteiger partial charge is 0.325 e. The van der Waals surface area contributed by atoms with Gasteiger partial charge in [0.25, 0.3) is 0 Å². The van der Waals surface area contributed by atoms with Crippen LogP contribution >= 0.6 is 11.6 Å². The van der Waals surface area contributed by atoms with Crippen LogP contribution < -0.4 is 5.73 Å². The Morgan fingerprint density at radius 1 is 1.55 bits per heavy atom. The molecule has 0 atom stereocenters. The normalized spacial score (nSPS) is 10.2. The summed E-state index contributed by atoms with van der Waals surface area (Å²) in [5.41, 5.74) is 5.05. The number of aromatic nitrogens is 1. The summed E-state index contributed by atoms with van der Waals surface area (Å²) in [6, 6.07) is 0. The molecule has 0 aromatic carbocycles. The van der Waals surface area contributed by atoms with E-state index in [1.165, 1.54) is 0 Å². The summed E-state index contributed by atoms with van der Waals surface area (Å²) >= 11 is 5.22. The molecule has 1 heterocycles. The van der Waals surface area contributed by atoms with E-state index in [0.717, 1.165) is 6.20 Å². The van der Waals surface area contributed by atoms with E-state index in [1.54, 1.807) is 0 Å². The molecule has 0 aliphatic heterocycles. The molecule has 0 amide bonds. The Morgan fingerprint density at radius 3 is 2.73 bits per heavy atom. The molecule has 0 aliphatic carbocycles. The van der Waals surface area contributed by atoms with Crippen molar-refractivity contribution < 1.29 is 8.78 Å². The Morgan fingerprint density at radius 2 is 2.18 bits per heavy atom. The summed E-state index contributed by atoms with van der Waals surface area (Å²) in [6.07, 6.45) is 0.841. The Kier molecular flexibility index (Phi) is 2.36. The first kappa shape index (κ1) is 8.36. The molecule has 60 valence electrons. The second-order valence-electron chi connectivity index (χ2n) is 1.88. The lowest BCUT2D eigenvalue weighted by Gasteiger charge is -1.99. The maximum absolute atomic E-state index is 12.7. The maximum Gasteiger partial charge on any atom is 0.167 e. The lowest BCUT2D eigenvalue weighted by Crippen LogP contribution is -2.04. The van der Waals surface area contributed by atoms with Gasteiger partial charge < -0.3 is 5.73 Å². The second-order valence-corrected chi connectivity index (χ2v) is 2.26. The van der Waals surface area contributed by atoms with Crippen LogP contribution in [0.25, 0.3) is 0 Å². The van der Waals surface area contributed by atoms with Crippen molar-refractivity contribution in [2.24, 2.45) is 5.73 Å². The molecule has 5 heteroatoms. The number of rotatable bonds is 1. The minimum Gasteiger partial charge on any atom is -0.325 e. The van der Waals surface area contributed by atoms with Gasteiger partial charge in [-0.05, 0) is 0 Å². The fraction of sp³-hybridized carbons (Fsp3) is 0.167. The van der Waals surface area contributed by atoms with E-state index in [-0.39, 0.29) is 12.2 Å². The van der Waals surface area contributed by atoms with Crippen molar-refractivity contribution in [1.29, 1.82) is 0 Å². The predicted octanol–water partition coefficient (Wildman–Crippen LogP) is 1.47. The molecule has 11 heavy (non-hydrogen) atoms. The number of hydrogen-bond donors (Lipinski definition) is 1. The molecule has 0 bridgehead atoms. The Balaban J connectivity index is 3.25. The van der Waals surface area contributed by atoms with Crippen LogP contribution in [0.1, 0.15) is 5.69 Å². The van der Waals surface area contributed by atoms with Gasteiger partial charge in [-0.2, -0.15) is 0 Å². The van der Waals surface area contributed by atoms with Crippen molar-refractivity contribution in [2.45, 2.75) is 6.54 Å². The smallest absolute Gasteiger partial charge is 0.167 e. The molecule has 0 saturated heterocycles. The van der Waals surface area contributed by atoms with Crippen molar-refractivity contribution in [3.05, 3.63) is 28.5 Å². The lowest BCUT2D eigenvalue weighted by atomic mass is 10.3. The van der Waals surface area contributed by atoms with Crippen molar-refractivity contribution in [1.82, 2.24) is 4.98 Å². The lowest BCUT2D eigenvalue weighted by molar-refractivity contribution is 0.559. The maximum atomic E-state index is 12.7. The van der Waals surface area contributed by atoms with Gasteiger partial charge in [-0.3, -0.25) is 4.98 Å². The van der Waals surface area contributed by atoms with Crippen LogP contribution in [-0.2, 0) is 6.54 Å². The van der Waals surface area contributed by atoms with Gasteiger partial charge in [0.1, 0.15) is 5.02 Å². The van der Waals surface area contributed by atoms with Gasteiger partial charge in [-0.1, -0.05) is 11.6 Å². The Labute approximate surface area is 67.0 Å². The summed E-state index contributed by atoms with van der Waals surface area (Å²) in [7, 11) is 0. The van der Waals surface area contributed by atoms with Gasteiger partial charge in [-0.15, -0.1) is 0 Å². The fourth-order valence-electron chi connectivity index (χ4n) is 0.622. The van der Waals surface area contributed by atoms with E-state index in [4.69, 9.17) is 17.3 Å². The minimum atomic E-state index is -0.880. The monoisotopic (exact) mass is 178 g/mol. The Bertz CT molecular complexity index is 278. The first-order valence-electron chi connectivity index (χ1n) is 2.85. The fourth-order valence-corrected chi connectivity index (χ4v) is 0.780. The molecule has 1 rings (SSSR count). The third-order valence-electron chi connectivity index (χ3n) is 1.18. The van der Waals surface area contributed by atoms with Gasteiger partial charge in [0.05, 0.1) is 11.9 Å². The highest BCUT2D eigenvalue weighted by Gasteiger charge is 2.10. The van der Waals surface area contributed by atoms with Crippen LogP contribution in [0.2, 0.25) is 5.02 Å². The van der Waals surface area contributed by atoms with Crippen molar-refractivity contribution in [3.8, 4) is 0 Å². The van der Waals surface area contributed by atoms with Gasteiger partial charge in [-0.25, -0.2) is 8.78 Å². The molecule has 0 unspecified atom stereocenters. The van der Waals surface area contributed by atoms with E-state index in [0.29, 0.717) is 0 Å². The van der Waals surface area contributed by atoms with Gasteiger partial charge >= 0.3 is 0 Å². The highest BCUT2D eigenvalue weighted by atomic mass is 35.5. The summed E-state index contributed by atoms with van der Waals surface area (Å²) in [5, 5.41) is -0.555. The summed E-state index contributed by atoms with van der Waals surface area (Å²) in [6.45, 7) is -0.0914. The summed E-state index contributed by atoms with van der Waals surface area (Å²) < 4.78 is 25.2. The molecule has 0 fully saturated rings. The molecule has 0 aliphatic rings. The number of nitrogens with two attached hydrogens (primary N) is 1. The van der Waals surface area contributed by atoms with Gasteiger partial charge in [0, 0.05) is 6.54 Å². The zero-order chi connectivity index (χ0) is 8.43. The third kappa shape index (κ3) is 1.46. The first-order valence-corrected chi connectivity index (χ1v) is 3.23. The zero-order valence-corrected chi connectivity index (χ0v) is 6.20. The standard InChI is InChI=1S/C6H5ClF2N2/c7-5-3(8)2-11-4(1-10)6(5)9/h2H,1,10H2. The summed E-state index contributed by atoms with van der Waals surface area (Å²) in [4.78, 5) is 3.40. The topological polar surface area (TPSA) is 38.9 Å². The van der Waals surface area contributed by atoms with Crippen LogP contribution in [0.3, 0.4) is 0 Å². The highest BCUT2D eigenvalue weighted by molar-refractivity contribution is 6.30. The number of halogens is 3. The molecule has 2 nitrogen and oxygen atoms in total. The SMILES string of the molecule is NCc1ncc(F)c(Cl)c1F. The van der Waals surface area contributed by atoms with Crippen LogP contribution in [-0.4, -0.2) is 4.98 Å². The number of nitrogens with zero attached hydrogens (tertiary/aromatic N) is 1. The minimum absolute atomic E-state index is 0.0311. The third-order valence-corrected chi connectivity index (χ3v) is 1.53. The van der Waals surface area contributed by atoms with Crippen molar-refractivity contribution in [2.75, 3.05) is 0 Å². The number of hydrogen-bond acceptors (Lipinski definition) is 2. The summed E-state index contributed by atoms with van der Waals surface area (Å²) in [5.74, 6) is -1.75. The first-order chi connectivity index (χ1) is 5.16. The van der Waals surface area contributed by atoms with Gasteiger partial charge in [0.15, 0.2) is 11.6 Å². The zero-order valence-electron chi connectivity index (χ0n) is 5.44. The van der Waals surface area contributed by atoms with Crippen LogP contribution in [0.4, 0.5) is 8.78 Å². The average Bonchev–Trinajstić information content (AvgIpc) is 2.01. The van der Waals surface area contributed by atoms with E-state index < -0.39 is 16.7 Å². The Hall–Kier alpha value is -0.740. The molecule has 0 radical (unpaired) electrons. The van der Waals surface area contributed by atoms with E-state index in [2.05, 4.69) is 4.98 Å². The number of pyridine rings is 1. The molecule has 1 aromatic rings. The van der Waals surface area contributed by atoms with Crippen molar-refractivity contribution >= 4 is 11.6 Å². The van der Waals surface area contributed by atoms with E-state index >= 15 is 0 Å². The van der Waals surface area contributed by atoms with Crippen LogP contribution in [0.5, 0.6) is 0 Å². The van der Waals surface area contributed by atoms with E-state index in [1.807, 2.05) is 0 Å². The molecule has 0 spiro atoms. The molecule has 0 saturated carbocycles. The van der Waals surface area contributed by atoms with Crippen molar-refractivity contribution in [3.63, 3.8) is 0 Å². The average molecular weight is 179 g/mol. The highest BCUT2D eigenvalue weighted by Crippen LogP contribution is 2.19. The molecule has 2 N–H and O–H groups in total. The second kappa shape index (κ2) is 3.11. The van der Waals surface area contributed by atoms with Crippen LogP contribution in [0.15, 0.2) is 6.20 Å². The van der Waals surface area contributed by atoms with Crippen LogP contribution in [0, 0.1) is 11.6 Å². The molecular weight excluding hydrogens is 174 g/mol. The predicted molar refractivity (Wildman–Crippen MR) is 37.1 cm³/mol. The molecular formula is C6H5ClF2N2.